The van der Waals surface area contributed by atoms with Crippen LogP contribution in [0, 0.1) is 6.92 Å². The highest BCUT2D eigenvalue weighted by Gasteiger charge is 2.13. The standard InChI is InChI=1S/C17H19NO2/c1-12-3-6-15(7-4-12)13(2)18-10-14-5-8-16-17(9-14)20-11-19-16/h3-9,13,18H,10-11H2,1-2H3/t13-/m0/s1. The molecule has 0 radical (unpaired) electrons. The van der Waals surface area contributed by atoms with E-state index < -0.39 is 0 Å². The van der Waals surface area contributed by atoms with Gasteiger partial charge in [-0.25, -0.2) is 0 Å². The van der Waals surface area contributed by atoms with E-state index in [4.69, 9.17) is 9.47 Å². The summed E-state index contributed by atoms with van der Waals surface area (Å²) in [6, 6.07) is 15.0. The molecule has 1 atom stereocenters. The summed E-state index contributed by atoms with van der Waals surface area (Å²) in [7, 11) is 0. The van der Waals surface area contributed by atoms with Gasteiger partial charge in [-0.05, 0) is 37.1 Å². The van der Waals surface area contributed by atoms with Crippen molar-refractivity contribution in [3.63, 3.8) is 0 Å². The van der Waals surface area contributed by atoms with Crippen molar-refractivity contribution in [2.24, 2.45) is 0 Å². The number of rotatable bonds is 4. The van der Waals surface area contributed by atoms with Crippen molar-refractivity contribution < 1.29 is 9.47 Å². The molecule has 1 heterocycles. The van der Waals surface area contributed by atoms with Gasteiger partial charge in [0.15, 0.2) is 11.5 Å². The maximum Gasteiger partial charge on any atom is 0.231 e. The zero-order chi connectivity index (χ0) is 13.9. The van der Waals surface area contributed by atoms with Crippen molar-refractivity contribution in [2.75, 3.05) is 6.79 Å². The Bertz CT molecular complexity index is 592. The molecule has 20 heavy (non-hydrogen) atoms. The molecule has 2 aromatic carbocycles. The summed E-state index contributed by atoms with van der Waals surface area (Å²) in [6.45, 7) is 5.42. The fourth-order valence-corrected chi connectivity index (χ4v) is 2.29. The lowest BCUT2D eigenvalue weighted by Gasteiger charge is -2.14. The van der Waals surface area contributed by atoms with Crippen molar-refractivity contribution in [1.29, 1.82) is 0 Å². The van der Waals surface area contributed by atoms with Crippen molar-refractivity contribution in [3.8, 4) is 11.5 Å². The molecule has 3 heteroatoms. The highest BCUT2D eigenvalue weighted by molar-refractivity contribution is 5.44. The molecule has 1 N–H and O–H groups in total. The monoisotopic (exact) mass is 269 g/mol. The second-order valence-corrected chi connectivity index (χ2v) is 5.20. The quantitative estimate of drug-likeness (QED) is 0.920. The molecular weight excluding hydrogens is 250 g/mol. The fourth-order valence-electron chi connectivity index (χ4n) is 2.29. The Hall–Kier alpha value is -2.00. The third-order valence-corrected chi connectivity index (χ3v) is 3.63. The lowest BCUT2D eigenvalue weighted by molar-refractivity contribution is 0.174. The highest BCUT2D eigenvalue weighted by Crippen LogP contribution is 2.32. The smallest absolute Gasteiger partial charge is 0.231 e. The van der Waals surface area contributed by atoms with E-state index in [2.05, 4.69) is 49.5 Å². The van der Waals surface area contributed by atoms with Crippen LogP contribution in [0.15, 0.2) is 42.5 Å². The molecule has 0 spiro atoms. The molecule has 104 valence electrons. The molecule has 0 saturated heterocycles. The maximum absolute atomic E-state index is 5.39. The van der Waals surface area contributed by atoms with Gasteiger partial charge in [0.2, 0.25) is 6.79 Å². The average molecular weight is 269 g/mol. The Labute approximate surface area is 119 Å². The predicted molar refractivity (Wildman–Crippen MR) is 79.0 cm³/mol. The first-order chi connectivity index (χ1) is 9.72. The van der Waals surface area contributed by atoms with Gasteiger partial charge in [0.1, 0.15) is 0 Å². The van der Waals surface area contributed by atoms with Crippen LogP contribution in [-0.4, -0.2) is 6.79 Å². The van der Waals surface area contributed by atoms with Gasteiger partial charge in [-0.3, -0.25) is 0 Å². The van der Waals surface area contributed by atoms with E-state index >= 15 is 0 Å². The fraction of sp³-hybridized carbons (Fsp3) is 0.294. The number of hydrogen-bond donors (Lipinski definition) is 1. The summed E-state index contributed by atoms with van der Waals surface area (Å²) >= 11 is 0. The highest BCUT2D eigenvalue weighted by atomic mass is 16.7. The van der Waals surface area contributed by atoms with Crippen LogP contribution in [0.5, 0.6) is 11.5 Å². The minimum atomic E-state index is 0.320. The summed E-state index contributed by atoms with van der Waals surface area (Å²) in [5, 5.41) is 3.53. The van der Waals surface area contributed by atoms with Crippen LogP contribution >= 0.6 is 0 Å². The van der Waals surface area contributed by atoms with E-state index in [1.165, 1.54) is 16.7 Å². The van der Waals surface area contributed by atoms with Crippen molar-refractivity contribution >= 4 is 0 Å². The van der Waals surface area contributed by atoms with Crippen LogP contribution in [0.4, 0.5) is 0 Å². The van der Waals surface area contributed by atoms with Crippen molar-refractivity contribution in [1.82, 2.24) is 5.32 Å². The SMILES string of the molecule is Cc1ccc([C@H](C)NCc2ccc3c(c2)OCO3)cc1. The van der Waals surface area contributed by atoms with E-state index in [-0.39, 0.29) is 0 Å². The largest absolute Gasteiger partial charge is 0.454 e. The van der Waals surface area contributed by atoms with Gasteiger partial charge in [-0.2, -0.15) is 0 Å². The van der Waals surface area contributed by atoms with Crippen LogP contribution in [0.2, 0.25) is 0 Å². The molecule has 0 unspecified atom stereocenters. The first-order valence-corrected chi connectivity index (χ1v) is 6.91. The molecule has 0 fully saturated rings. The van der Waals surface area contributed by atoms with Crippen LogP contribution in [0.25, 0.3) is 0 Å². The molecule has 0 aliphatic carbocycles. The zero-order valence-electron chi connectivity index (χ0n) is 11.8. The summed E-state index contributed by atoms with van der Waals surface area (Å²) in [6.07, 6.45) is 0. The summed E-state index contributed by atoms with van der Waals surface area (Å²) in [5.41, 5.74) is 3.79. The molecule has 2 aromatic rings. The Balaban J connectivity index is 1.63. The van der Waals surface area contributed by atoms with Gasteiger partial charge in [0, 0.05) is 12.6 Å². The molecule has 0 bridgehead atoms. The first kappa shape index (κ1) is 13.0. The van der Waals surface area contributed by atoms with Gasteiger partial charge in [-0.15, -0.1) is 0 Å². The van der Waals surface area contributed by atoms with Gasteiger partial charge < -0.3 is 14.8 Å². The topological polar surface area (TPSA) is 30.5 Å². The Morgan fingerprint density at radius 1 is 1.05 bits per heavy atom. The van der Waals surface area contributed by atoms with Gasteiger partial charge in [-0.1, -0.05) is 35.9 Å². The molecule has 1 aliphatic heterocycles. The van der Waals surface area contributed by atoms with Crippen LogP contribution in [-0.2, 0) is 6.54 Å². The van der Waals surface area contributed by atoms with E-state index in [0.717, 1.165) is 18.0 Å². The zero-order valence-corrected chi connectivity index (χ0v) is 11.8. The normalized spacial score (nSPS) is 14.3. The van der Waals surface area contributed by atoms with Crippen LogP contribution in [0.3, 0.4) is 0 Å². The number of hydrogen-bond acceptors (Lipinski definition) is 3. The molecular formula is C17H19NO2. The second kappa shape index (κ2) is 5.55. The minimum absolute atomic E-state index is 0.320. The summed E-state index contributed by atoms with van der Waals surface area (Å²) < 4.78 is 10.7. The molecule has 1 aliphatic rings. The molecule has 3 rings (SSSR count). The van der Waals surface area contributed by atoms with E-state index in [1.54, 1.807) is 0 Å². The number of ether oxygens (including phenoxy) is 2. The molecule has 0 amide bonds. The Morgan fingerprint density at radius 3 is 2.60 bits per heavy atom. The lowest BCUT2D eigenvalue weighted by atomic mass is 10.1. The summed E-state index contributed by atoms with van der Waals surface area (Å²) in [4.78, 5) is 0. The minimum Gasteiger partial charge on any atom is -0.454 e. The van der Waals surface area contributed by atoms with Gasteiger partial charge in [0.05, 0.1) is 0 Å². The lowest BCUT2D eigenvalue weighted by Crippen LogP contribution is -2.17. The molecule has 0 aromatic heterocycles. The first-order valence-electron chi connectivity index (χ1n) is 6.91. The number of fused-ring (bicyclic) bond motifs is 1. The van der Waals surface area contributed by atoms with Crippen LogP contribution in [0.1, 0.15) is 29.7 Å². The maximum atomic E-state index is 5.39. The van der Waals surface area contributed by atoms with Gasteiger partial charge in [0.25, 0.3) is 0 Å². The average Bonchev–Trinajstić information content (AvgIpc) is 2.93. The van der Waals surface area contributed by atoms with E-state index in [0.29, 0.717) is 12.8 Å². The summed E-state index contributed by atoms with van der Waals surface area (Å²) in [5.74, 6) is 1.67. The van der Waals surface area contributed by atoms with Crippen LogP contribution < -0.4 is 14.8 Å². The van der Waals surface area contributed by atoms with E-state index in [9.17, 15) is 0 Å². The second-order valence-electron chi connectivity index (χ2n) is 5.20. The Kier molecular flexibility index (Phi) is 3.61. The predicted octanol–water partition coefficient (Wildman–Crippen LogP) is 3.57. The van der Waals surface area contributed by atoms with Crippen molar-refractivity contribution in [2.45, 2.75) is 26.4 Å². The van der Waals surface area contributed by atoms with E-state index in [1.807, 2.05) is 12.1 Å². The number of benzene rings is 2. The molecule has 3 nitrogen and oxygen atoms in total. The molecule has 0 saturated carbocycles. The number of nitrogens with one attached hydrogen (secondary N) is 1. The third-order valence-electron chi connectivity index (χ3n) is 3.63. The number of aryl methyl sites for hydroxylation is 1. The Morgan fingerprint density at radius 2 is 1.80 bits per heavy atom. The third kappa shape index (κ3) is 2.78. The van der Waals surface area contributed by atoms with Crippen molar-refractivity contribution in [3.05, 3.63) is 59.2 Å². The van der Waals surface area contributed by atoms with Gasteiger partial charge >= 0.3 is 0 Å².